The largest absolute Gasteiger partial charge is 0.342 e. The van der Waals surface area contributed by atoms with E-state index in [1.165, 1.54) is 28.9 Å². The number of quaternary nitrogens is 1. The highest BCUT2D eigenvalue weighted by atomic mass is 16.2. The molecule has 0 aromatic heterocycles. The van der Waals surface area contributed by atoms with Crippen molar-refractivity contribution in [3.8, 4) is 0 Å². The molecule has 2 amide bonds. The number of rotatable bonds is 10. The Morgan fingerprint density at radius 3 is 2.37 bits per heavy atom. The summed E-state index contributed by atoms with van der Waals surface area (Å²) in [5, 5.41) is 5.69. The van der Waals surface area contributed by atoms with E-state index in [0.29, 0.717) is 18.5 Å². The third-order valence-corrected chi connectivity index (χ3v) is 5.74. The van der Waals surface area contributed by atoms with Gasteiger partial charge in [0.2, 0.25) is 5.91 Å². The van der Waals surface area contributed by atoms with Crippen LogP contribution in [0.3, 0.4) is 0 Å². The van der Waals surface area contributed by atoms with Crippen LogP contribution in [-0.2, 0) is 22.6 Å². The first kappa shape index (κ1) is 22.0. The van der Waals surface area contributed by atoms with E-state index in [1.807, 2.05) is 24.3 Å². The number of amides is 2. The summed E-state index contributed by atoms with van der Waals surface area (Å²) in [6, 6.07) is 17.0. The van der Waals surface area contributed by atoms with E-state index in [2.05, 4.69) is 55.7 Å². The second kappa shape index (κ2) is 10.4. The van der Waals surface area contributed by atoms with Gasteiger partial charge in [-0.2, -0.15) is 0 Å². The highest BCUT2D eigenvalue weighted by Crippen LogP contribution is 2.17. The van der Waals surface area contributed by atoms with E-state index in [9.17, 15) is 9.59 Å². The number of nitrogens with one attached hydrogen (secondary N) is 3. The van der Waals surface area contributed by atoms with Crippen LogP contribution in [0.4, 0.5) is 5.69 Å². The smallest absolute Gasteiger partial charge is 0.275 e. The van der Waals surface area contributed by atoms with Gasteiger partial charge in [0.25, 0.3) is 5.91 Å². The molecule has 0 saturated heterocycles. The first-order valence-electron chi connectivity index (χ1n) is 11.0. The molecule has 0 radical (unpaired) electrons. The highest BCUT2D eigenvalue weighted by molar-refractivity contribution is 5.95. The van der Waals surface area contributed by atoms with E-state index in [-0.39, 0.29) is 18.4 Å². The van der Waals surface area contributed by atoms with Crippen LogP contribution < -0.4 is 15.5 Å². The molecule has 30 heavy (non-hydrogen) atoms. The Morgan fingerprint density at radius 1 is 1.03 bits per heavy atom. The van der Waals surface area contributed by atoms with Gasteiger partial charge in [0.1, 0.15) is 6.54 Å². The van der Waals surface area contributed by atoms with Crippen molar-refractivity contribution in [2.45, 2.75) is 58.5 Å². The minimum absolute atomic E-state index is 0.00207. The molecule has 0 aliphatic heterocycles. The third kappa shape index (κ3) is 6.42. The zero-order chi connectivity index (χ0) is 21.5. The number of carbonyl (C=O) groups excluding carboxylic acids is 2. The lowest BCUT2D eigenvalue weighted by molar-refractivity contribution is -0.917. The van der Waals surface area contributed by atoms with E-state index in [1.54, 1.807) is 0 Å². The molecule has 2 aromatic rings. The monoisotopic (exact) mass is 408 g/mol. The van der Waals surface area contributed by atoms with Crippen LogP contribution in [0.5, 0.6) is 0 Å². The fourth-order valence-corrected chi connectivity index (χ4v) is 3.72. The lowest BCUT2D eigenvalue weighted by Crippen LogP contribution is -3.13. The maximum atomic E-state index is 12.5. The number of anilines is 1. The molecule has 5 nitrogen and oxygen atoms in total. The highest BCUT2D eigenvalue weighted by Gasteiger charge is 2.34. The molecule has 1 unspecified atom stereocenters. The molecule has 1 saturated carbocycles. The summed E-state index contributed by atoms with van der Waals surface area (Å²) in [6.07, 6.45) is 3.18. The zero-order valence-electron chi connectivity index (χ0n) is 18.3. The van der Waals surface area contributed by atoms with Crippen LogP contribution in [0.1, 0.15) is 56.2 Å². The van der Waals surface area contributed by atoms with Crippen molar-refractivity contribution in [3.63, 3.8) is 0 Å². The van der Waals surface area contributed by atoms with Crippen LogP contribution in [0.2, 0.25) is 0 Å². The summed E-state index contributed by atoms with van der Waals surface area (Å²) in [6.45, 7) is 7.68. The van der Waals surface area contributed by atoms with Gasteiger partial charge in [-0.05, 0) is 29.5 Å². The Labute approximate surface area is 179 Å². The summed E-state index contributed by atoms with van der Waals surface area (Å²) in [5.74, 6) is 0.253. The molecule has 0 spiro atoms. The van der Waals surface area contributed by atoms with Gasteiger partial charge in [-0.25, -0.2) is 0 Å². The maximum absolute atomic E-state index is 12.5. The zero-order valence-corrected chi connectivity index (χ0v) is 18.3. The molecule has 0 bridgehead atoms. The Balaban J connectivity index is 1.49. The number of carbonyl (C=O) groups is 2. The van der Waals surface area contributed by atoms with Crippen molar-refractivity contribution in [1.82, 2.24) is 5.32 Å². The Kier molecular flexibility index (Phi) is 7.63. The predicted octanol–water partition coefficient (Wildman–Crippen LogP) is 2.67. The number of hydrogen-bond acceptors (Lipinski definition) is 2. The van der Waals surface area contributed by atoms with E-state index < -0.39 is 0 Å². The fourth-order valence-electron chi connectivity index (χ4n) is 3.72. The van der Waals surface area contributed by atoms with Crippen LogP contribution in [0, 0.1) is 0 Å². The fraction of sp³-hybridized carbons (Fsp3) is 0.440. The topological polar surface area (TPSA) is 62.6 Å². The Morgan fingerprint density at radius 2 is 1.73 bits per heavy atom. The summed E-state index contributed by atoms with van der Waals surface area (Å²) in [7, 11) is 0. The van der Waals surface area contributed by atoms with E-state index >= 15 is 0 Å². The molecular weight excluding hydrogens is 374 g/mol. The third-order valence-electron chi connectivity index (χ3n) is 5.74. The van der Waals surface area contributed by atoms with Gasteiger partial charge in [0.15, 0.2) is 6.54 Å². The maximum Gasteiger partial charge on any atom is 0.275 e. The molecule has 1 fully saturated rings. The summed E-state index contributed by atoms with van der Waals surface area (Å²) in [4.78, 5) is 26.0. The van der Waals surface area contributed by atoms with Crippen molar-refractivity contribution in [2.75, 3.05) is 18.4 Å². The Hall–Kier alpha value is -2.66. The van der Waals surface area contributed by atoms with Crippen molar-refractivity contribution >= 4 is 17.5 Å². The average Bonchev–Trinajstić information content (AvgIpc) is 3.58. The molecule has 2 aromatic carbocycles. The lowest BCUT2D eigenvalue weighted by Gasteiger charge is -2.19. The van der Waals surface area contributed by atoms with Crippen molar-refractivity contribution < 1.29 is 14.5 Å². The van der Waals surface area contributed by atoms with Gasteiger partial charge in [-0.15, -0.1) is 0 Å². The quantitative estimate of drug-likeness (QED) is 0.566. The predicted molar refractivity (Wildman–Crippen MR) is 121 cm³/mol. The number of para-hydroxylation sites is 1. The summed E-state index contributed by atoms with van der Waals surface area (Å²) in [5.41, 5.74) is 4.49. The van der Waals surface area contributed by atoms with Crippen LogP contribution in [-0.4, -0.2) is 30.9 Å². The van der Waals surface area contributed by atoms with Gasteiger partial charge < -0.3 is 15.5 Å². The van der Waals surface area contributed by atoms with Gasteiger partial charge in [0.05, 0.1) is 12.6 Å². The van der Waals surface area contributed by atoms with Crippen LogP contribution in [0.25, 0.3) is 0 Å². The van der Waals surface area contributed by atoms with Gasteiger partial charge in [-0.3, -0.25) is 9.59 Å². The van der Waals surface area contributed by atoms with Crippen molar-refractivity contribution in [1.29, 1.82) is 0 Å². The minimum atomic E-state index is -0.193. The van der Waals surface area contributed by atoms with Gasteiger partial charge >= 0.3 is 0 Å². The molecular formula is C25H34N3O2+. The van der Waals surface area contributed by atoms with E-state index in [0.717, 1.165) is 24.2 Å². The molecule has 3 rings (SSSR count). The second-order valence-corrected chi connectivity index (χ2v) is 8.52. The van der Waals surface area contributed by atoms with Crippen molar-refractivity contribution in [3.05, 3.63) is 65.2 Å². The molecule has 1 aliphatic rings. The summed E-state index contributed by atoms with van der Waals surface area (Å²) >= 11 is 0. The van der Waals surface area contributed by atoms with Gasteiger partial charge in [0, 0.05) is 24.1 Å². The van der Waals surface area contributed by atoms with Crippen LogP contribution >= 0.6 is 0 Å². The van der Waals surface area contributed by atoms with E-state index in [4.69, 9.17) is 0 Å². The van der Waals surface area contributed by atoms with Gasteiger partial charge in [-0.1, -0.05) is 63.2 Å². The minimum Gasteiger partial charge on any atom is -0.342 e. The molecule has 1 aliphatic carbocycles. The normalized spacial score (nSPS) is 14.4. The standard InChI is InChI=1S/C25H33N3O2/c1-4-20-7-5-6-8-23(20)27-24(29)15-26-25(30)17-28(22-13-14-22)16-19-9-11-21(12-10-19)18(2)3/h5-12,18,22H,4,13-17H2,1-3H3,(H,26,30)(H,27,29)/p+1. The SMILES string of the molecule is CCc1ccccc1NC(=O)CNC(=O)C[NH+](Cc1ccc(C(C)C)cc1)C1CC1. The molecule has 1 atom stereocenters. The molecule has 3 N–H and O–H groups in total. The second-order valence-electron chi connectivity index (χ2n) is 8.52. The lowest BCUT2D eigenvalue weighted by atomic mass is 10.0. The molecule has 5 heteroatoms. The number of aryl methyl sites for hydroxylation is 1. The summed E-state index contributed by atoms with van der Waals surface area (Å²) < 4.78 is 0. The first-order valence-corrected chi connectivity index (χ1v) is 11.0. The number of hydrogen-bond donors (Lipinski definition) is 3. The Bertz CT molecular complexity index is 857. The molecule has 0 heterocycles. The van der Waals surface area contributed by atoms with Crippen molar-refractivity contribution in [2.24, 2.45) is 0 Å². The average molecular weight is 409 g/mol. The molecule has 160 valence electrons. The number of benzene rings is 2. The van der Waals surface area contributed by atoms with Crippen LogP contribution in [0.15, 0.2) is 48.5 Å². The first-order chi connectivity index (χ1) is 14.5.